The average molecular weight is 294 g/mol. The maximum Gasteiger partial charge on any atom is 0.105 e. The standard InChI is InChI=1S/C19H22N2O/c1-2-19(21-12-14-22-15-13-21)20-18-11-7-6-10-17(18)16-8-4-3-5-9-16/h3-11H,2,12-15H2,1H3. The van der Waals surface area contributed by atoms with E-state index in [0.717, 1.165) is 44.2 Å². The largest absolute Gasteiger partial charge is 0.378 e. The molecule has 2 aromatic rings. The molecule has 0 N–H and O–H groups in total. The number of rotatable bonds is 3. The van der Waals surface area contributed by atoms with Crippen LogP contribution in [0.15, 0.2) is 59.6 Å². The molecule has 3 rings (SSSR count). The Labute approximate surface area is 132 Å². The predicted molar refractivity (Wildman–Crippen MR) is 91.7 cm³/mol. The summed E-state index contributed by atoms with van der Waals surface area (Å²) < 4.78 is 5.44. The zero-order valence-electron chi connectivity index (χ0n) is 13.0. The lowest BCUT2D eigenvalue weighted by Crippen LogP contribution is -2.40. The van der Waals surface area contributed by atoms with Crippen LogP contribution >= 0.6 is 0 Å². The molecule has 1 fully saturated rings. The number of aliphatic imine (C=N–C) groups is 1. The second-order valence-electron chi connectivity index (χ2n) is 5.36. The third-order valence-electron chi connectivity index (χ3n) is 3.93. The molecule has 0 aliphatic carbocycles. The number of ether oxygens (including phenoxy) is 1. The van der Waals surface area contributed by atoms with Crippen LogP contribution in [-0.4, -0.2) is 37.0 Å². The molecule has 1 heterocycles. The summed E-state index contributed by atoms with van der Waals surface area (Å²) >= 11 is 0. The summed E-state index contributed by atoms with van der Waals surface area (Å²) in [5.41, 5.74) is 3.43. The lowest BCUT2D eigenvalue weighted by atomic mass is 10.0. The molecular formula is C19H22N2O. The molecule has 22 heavy (non-hydrogen) atoms. The molecule has 0 unspecified atom stereocenters. The van der Waals surface area contributed by atoms with Crippen LogP contribution in [0.5, 0.6) is 0 Å². The molecule has 3 heteroatoms. The zero-order chi connectivity index (χ0) is 15.2. The van der Waals surface area contributed by atoms with Gasteiger partial charge in [0.25, 0.3) is 0 Å². The van der Waals surface area contributed by atoms with Crippen molar-refractivity contribution in [1.82, 2.24) is 4.90 Å². The van der Waals surface area contributed by atoms with Crippen LogP contribution in [0.4, 0.5) is 5.69 Å². The van der Waals surface area contributed by atoms with Crippen molar-refractivity contribution in [1.29, 1.82) is 0 Å². The number of benzene rings is 2. The van der Waals surface area contributed by atoms with E-state index in [2.05, 4.69) is 60.4 Å². The van der Waals surface area contributed by atoms with Gasteiger partial charge in [0, 0.05) is 25.1 Å². The molecule has 1 saturated heterocycles. The Morgan fingerprint density at radius 1 is 1.00 bits per heavy atom. The normalized spacial score (nSPS) is 15.9. The fraction of sp³-hybridized carbons (Fsp3) is 0.316. The minimum atomic E-state index is 0.791. The fourth-order valence-electron chi connectivity index (χ4n) is 2.77. The average Bonchev–Trinajstić information content (AvgIpc) is 2.61. The molecule has 1 aliphatic heterocycles. The highest BCUT2D eigenvalue weighted by Crippen LogP contribution is 2.30. The van der Waals surface area contributed by atoms with Gasteiger partial charge in [0.1, 0.15) is 5.84 Å². The van der Waals surface area contributed by atoms with Gasteiger partial charge in [-0.05, 0) is 11.6 Å². The molecule has 0 radical (unpaired) electrons. The summed E-state index contributed by atoms with van der Waals surface area (Å²) in [6, 6.07) is 18.8. The third-order valence-corrected chi connectivity index (χ3v) is 3.93. The number of morpholine rings is 1. The number of hydrogen-bond acceptors (Lipinski definition) is 2. The van der Waals surface area contributed by atoms with Crippen LogP contribution in [0.2, 0.25) is 0 Å². The van der Waals surface area contributed by atoms with Gasteiger partial charge in [-0.25, -0.2) is 4.99 Å². The van der Waals surface area contributed by atoms with E-state index in [1.54, 1.807) is 0 Å². The molecule has 0 bridgehead atoms. The van der Waals surface area contributed by atoms with Crippen LogP contribution in [0, 0.1) is 0 Å². The Bertz CT molecular complexity index is 631. The van der Waals surface area contributed by atoms with Crippen molar-refractivity contribution in [2.24, 2.45) is 4.99 Å². The van der Waals surface area contributed by atoms with E-state index >= 15 is 0 Å². The topological polar surface area (TPSA) is 24.8 Å². The van der Waals surface area contributed by atoms with Gasteiger partial charge in [-0.1, -0.05) is 55.5 Å². The fourth-order valence-corrected chi connectivity index (χ4v) is 2.77. The molecule has 0 saturated carbocycles. The quantitative estimate of drug-likeness (QED) is 0.628. The SMILES string of the molecule is CCC(=Nc1ccccc1-c1ccccc1)N1CCOCC1. The first-order valence-corrected chi connectivity index (χ1v) is 7.93. The van der Waals surface area contributed by atoms with Crippen LogP contribution < -0.4 is 0 Å². The van der Waals surface area contributed by atoms with Gasteiger partial charge in [-0.3, -0.25) is 0 Å². The van der Waals surface area contributed by atoms with Gasteiger partial charge < -0.3 is 9.64 Å². The van der Waals surface area contributed by atoms with Gasteiger partial charge in [0.2, 0.25) is 0 Å². The van der Waals surface area contributed by atoms with E-state index in [1.165, 1.54) is 11.1 Å². The Kier molecular flexibility index (Phi) is 4.86. The molecule has 2 aromatic carbocycles. The van der Waals surface area contributed by atoms with Crippen LogP contribution in [-0.2, 0) is 4.74 Å². The second-order valence-corrected chi connectivity index (χ2v) is 5.36. The van der Waals surface area contributed by atoms with Gasteiger partial charge in [0.05, 0.1) is 18.9 Å². The summed E-state index contributed by atoms with van der Waals surface area (Å²) in [5, 5.41) is 0. The van der Waals surface area contributed by atoms with E-state index in [9.17, 15) is 0 Å². The Morgan fingerprint density at radius 2 is 1.68 bits per heavy atom. The number of hydrogen-bond donors (Lipinski definition) is 0. The number of para-hydroxylation sites is 1. The lowest BCUT2D eigenvalue weighted by Gasteiger charge is -2.29. The predicted octanol–water partition coefficient (Wildman–Crippen LogP) is 4.13. The Morgan fingerprint density at radius 3 is 2.41 bits per heavy atom. The molecular weight excluding hydrogens is 272 g/mol. The van der Waals surface area contributed by atoms with E-state index in [0.29, 0.717) is 0 Å². The van der Waals surface area contributed by atoms with Crippen molar-refractivity contribution in [3.05, 3.63) is 54.6 Å². The molecule has 3 nitrogen and oxygen atoms in total. The van der Waals surface area contributed by atoms with Gasteiger partial charge in [-0.2, -0.15) is 0 Å². The van der Waals surface area contributed by atoms with Crippen LogP contribution in [0.25, 0.3) is 11.1 Å². The van der Waals surface area contributed by atoms with Gasteiger partial charge >= 0.3 is 0 Å². The van der Waals surface area contributed by atoms with Crippen molar-refractivity contribution in [3.63, 3.8) is 0 Å². The molecule has 0 atom stereocenters. The maximum absolute atomic E-state index is 5.44. The van der Waals surface area contributed by atoms with E-state index in [4.69, 9.17) is 9.73 Å². The first kappa shape index (κ1) is 14.8. The van der Waals surface area contributed by atoms with Crippen molar-refractivity contribution in [3.8, 4) is 11.1 Å². The molecule has 0 amide bonds. The van der Waals surface area contributed by atoms with Crippen molar-refractivity contribution in [2.75, 3.05) is 26.3 Å². The van der Waals surface area contributed by atoms with Gasteiger partial charge in [-0.15, -0.1) is 0 Å². The van der Waals surface area contributed by atoms with Crippen molar-refractivity contribution >= 4 is 11.5 Å². The Hall–Kier alpha value is -2.13. The highest BCUT2D eigenvalue weighted by molar-refractivity contribution is 5.88. The highest BCUT2D eigenvalue weighted by Gasteiger charge is 2.14. The zero-order valence-corrected chi connectivity index (χ0v) is 13.0. The maximum atomic E-state index is 5.44. The molecule has 114 valence electrons. The van der Waals surface area contributed by atoms with E-state index < -0.39 is 0 Å². The van der Waals surface area contributed by atoms with E-state index in [-0.39, 0.29) is 0 Å². The van der Waals surface area contributed by atoms with Crippen molar-refractivity contribution in [2.45, 2.75) is 13.3 Å². The minimum absolute atomic E-state index is 0.791. The van der Waals surface area contributed by atoms with Gasteiger partial charge in [0.15, 0.2) is 0 Å². The first-order valence-electron chi connectivity index (χ1n) is 7.93. The summed E-state index contributed by atoms with van der Waals surface area (Å²) in [6.07, 6.45) is 0.934. The monoisotopic (exact) mass is 294 g/mol. The summed E-state index contributed by atoms with van der Waals surface area (Å²) in [6.45, 7) is 5.61. The van der Waals surface area contributed by atoms with Crippen LogP contribution in [0.3, 0.4) is 0 Å². The lowest BCUT2D eigenvalue weighted by molar-refractivity contribution is 0.0673. The minimum Gasteiger partial charge on any atom is -0.378 e. The van der Waals surface area contributed by atoms with Crippen LogP contribution in [0.1, 0.15) is 13.3 Å². The summed E-state index contributed by atoms with van der Waals surface area (Å²) in [4.78, 5) is 7.30. The Balaban J connectivity index is 1.95. The third kappa shape index (κ3) is 3.37. The molecule has 0 aromatic heterocycles. The smallest absolute Gasteiger partial charge is 0.105 e. The summed E-state index contributed by atoms with van der Waals surface area (Å²) in [5.74, 6) is 1.15. The molecule has 0 spiro atoms. The highest BCUT2D eigenvalue weighted by atomic mass is 16.5. The second kappa shape index (κ2) is 7.23. The molecule has 1 aliphatic rings. The van der Waals surface area contributed by atoms with E-state index in [1.807, 2.05) is 6.07 Å². The summed E-state index contributed by atoms with van der Waals surface area (Å²) in [7, 11) is 0. The number of amidine groups is 1. The number of nitrogens with zero attached hydrogens (tertiary/aromatic N) is 2. The first-order chi connectivity index (χ1) is 10.9. The van der Waals surface area contributed by atoms with Crippen molar-refractivity contribution < 1.29 is 4.74 Å².